The van der Waals surface area contributed by atoms with Gasteiger partial charge in [0, 0.05) is 54.2 Å². The van der Waals surface area contributed by atoms with Crippen molar-refractivity contribution >= 4 is 16.9 Å². The van der Waals surface area contributed by atoms with Crippen LogP contribution >= 0.6 is 0 Å². The van der Waals surface area contributed by atoms with Gasteiger partial charge in [-0.3, -0.25) is 0 Å². The van der Waals surface area contributed by atoms with E-state index in [0.717, 1.165) is 11.6 Å². The van der Waals surface area contributed by atoms with Gasteiger partial charge in [0.15, 0.2) is 5.82 Å². The van der Waals surface area contributed by atoms with Crippen molar-refractivity contribution in [2.24, 2.45) is 24.8 Å². The number of likely N-dealkylation sites (tertiary alicyclic amines) is 1. The van der Waals surface area contributed by atoms with Crippen molar-refractivity contribution in [3.8, 4) is 11.3 Å². The van der Waals surface area contributed by atoms with Gasteiger partial charge in [0.25, 0.3) is 0 Å². The first-order valence-corrected chi connectivity index (χ1v) is 12.6. The molecule has 7 nitrogen and oxygen atoms in total. The van der Waals surface area contributed by atoms with Crippen LogP contribution in [0.1, 0.15) is 34.0 Å². The van der Waals surface area contributed by atoms with Crippen molar-refractivity contribution in [2.45, 2.75) is 37.9 Å². The average molecular weight is 503 g/mol. The van der Waals surface area contributed by atoms with Crippen LogP contribution in [0.15, 0.2) is 30.6 Å². The number of hydrogen-bond donors (Lipinski definition) is 1. The van der Waals surface area contributed by atoms with Crippen molar-refractivity contribution in [3.05, 3.63) is 36.2 Å². The molecule has 3 aromatic rings. The average Bonchev–Trinajstić information content (AvgIpc) is 3.57. The fraction of sp³-hybridized carbons (Fsp3) is 0.577. The first-order chi connectivity index (χ1) is 18.1. The molecular weight excluding hydrogens is 469 g/mol. The number of rotatable bonds is 5. The number of alkyl halides is 3. The van der Waals surface area contributed by atoms with Crippen molar-refractivity contribution in [1.82, 2.24) is 24.6 Å². The molecule has 2 atom stereocenters. The quantitative estimate of drug-likeness (QED) is 0.550. The second kappa shape index (κ2) is 9.30. The molecule has 0 spiro atoms. The molecule has 1 aliphatic carbocycles. The summed E-state index contributed by atoms with van der Waals surface area (Å²) < 4.78 is 67.0. The first-order valence-electron chi connectivity index (χ1n) is 13.6. The topological polar surface area (TPSA) is 68.1 Å². The van der Waals surface area contributed by atoms with E-state index in [-0.39, 0.29) is 35.3 Å². The number of aromatic nitrogens is 4. The summed E-state index contributed by atoms with van der Waals surface area (Å²) in [7, 11) is 1.86. The number of nitrogens with one attached hydrogen (secondary N) is 1. The van der Waals surface area contributed by atoms with Crippen molar-refractivity contribution in [2.75, 3.05) is 38.1 Å². The normalized spacial score (nSPS) is 26.7. The third kappa shape index (κ3) is 4.68. The van der Waals surface area contributed by atoms with Gasteiger partial charge < -0.3 is 19.5 Å². The van der Waals surface area contributed by atoms with Crippen LogP contribution in [-0.2, 0) is 18.0 Å². The van der Waals surface area contributed by atoms with Gasteiger partial charge in [-0.15, -0.1) is 10.2 Å². The van der Waals surface area contributed by atoms with Crippen molar-refractivity contribution in [3.63, 3.8) is 0 Å². The number of benzene rings is 1. The van der Waals surface area contributed by atoms with Crippen LogP contribution < -0.4 is 5.32 Å². The van der Waals surface area contributed by atoms with Crippen LogP contribution in [0.25, 0.3) is 22.3 Å². The summed E-state index contributed by atoms with van der Waals surface area (Å²) in [5.74, 6) is 0.188. The smallest absolute Gasteiger partial charge is 0.381 e. The van der Waals surface area contributed by atoms with Crippen LogP contribution in [0, 0.1) is 17.8 Å². The summed E-state index contributed by atoms with van der Waals surface area (Å²) in [5, 5.41) is 11.2. The summed E-state index contributed by atoms with van der Waals surface area (Å²) in [6, 6.07) is 6.15. The lowest BCUT2D eigenvalue weighted by molar-refractivity contribution is -0.137. The number of nitrogens with zero attached hydrogens (tertiary/aromatic N) is 5. The SMILES string of the molecule is [2H]C([2H])(C1CCOCC1)N1CC2CC(Nc3nnc(-c4ccc5c(c4)ncn5C)cc3C(F)(F)F)CC2C1. The Morgan fingerprint density at radius 3 is 2.58 bits per heavy atom. The lowest BCUT2D eigenvalue weighted by Gasteiger charge is -2.28. The zero-order valence-corrected chi connectivity index (χ0v) is 20.1. The van der Waals surface area contributed by atoms with E-state index in [2.05, 4.69) is 20.5 Å². The van der Waals surface area contributed by atoms with Gasteiger partial charge in [-0.1, -0.05) is 6.07 Å². The molecule has 2 saturated heterocycles. The number of anilines is 1. The number of halogens is 3. The maximum atomic E-state index is 14.1. The number of hydrogen-bond acceptors (Lipinski definition) is 6. The molecule has 2 aliphatic heterocycles. The van der Waals surface area contributed by atoms with Gasteiger partial charge in [0.2, 0.25) is 0 Å². The Kier molecular flexibility index (Phi) is 5.52. The Hall–Kier alpha value is -2.72. The second-order valence-corrected chi connectivity index (χ2v) is 10.3. The van der Waals surface area contributed by atoms with Gasteiger partial charge in [-0.2, -0.15) is 13.2 Å². The molecule has 0 radical (unpaired) electrons. The minimum Gasteiger partial charge on any atom is -0.381 e. The molecule has 10 heteroatoms. The maximum absolute atomic E-state index is 14.1. The molecule has 2 aromatic heterocycles. The largest absolute Gasteiger partial charge is 0.420 e. The number of ether oxygens (including phenoxy) is 1. The van der Waals surface area contributed by atoms with E-state index in [1.807, 2.05) is 22.6 Å². The Labute approximate surface area is 210 Å². The lowest BCUT2D eigenvalue weighted by Crippen LogP contribution is -2.32. The van der Waals surface area contributed by atoms with Crippen LogP contribution in [-0.4, -0.2) is 63.5 Å². The Balaban J connectivity index is 1.16. The fourth-order valence-electron chi connectivity index (χ4n) is 5.95. The maximum Gasteiger partial charge on any atom is 0.420 e. The number of fused-ring (bicyclic) bond motifs is 2. The minimum absolute atomic E-state index is 0.0504. The lowest BCUT2D eigenvalue weighted by atomic mass is 10.00. The van der Waals surface area contributed by atoms with E-state index < -0.39 is 18.2 Å². The van der Waals surface area contributed by atoms with Gasteiger partial charge in [0.05, 0.1) is 23.1 Å². The third-order valence-electron chi connectivity index (χ3n) is 7.80. The van der Waals surface area contributed by atoms with Crippen LogP contribution in [0.3, 0.4) is 0 Å². The van der Waals surface area contributed by atoms with E-state index in [9.17, 15) is 13.2 Å². The summed E-state index contributed by atoms with van der Waals surface area (Å²) in [5.41, 5.74) is 1.38. The Bertz CT molecular complexity index is 1310. The fourth-order valence-corrected chi connectivity index (χ4v) is 5.95. The minimum atomic E-state index is -4.59. The highest BCUT2D eigenvalue weighted by Crippen LogP contribution is 2.42. The van der Waals surface area contributed by atoms with Gasteiger partial charge in [-0.25, -0.2) is 4.98 Å². The zero-order chi connectivity index (χ0) is 26.7. The summed E-state index contributed by atoms with van der Waals surface area (Å²) in [6.07, 6.45) is -0.137. The molecule has 0 bridgehead atoms. The summed E-state index contributed by atoms with van der Waals surface area (Å²) >= 11 is 0. The number of imidazole rings is 1. The van der Waals surface area contributed by atoms with E-state index in [4.69, 9.17) is 7.48 Å². The van der Waals surface area contributed by atoms with Crippen molar-refractivity contribution in [1.29, 1.82) is 0 Å². The molecule has 1 saturated carbocycles. The molecule has 3 aliphatic rings. The van der Waals surface area contributed by atoms with Gasteiger partial charge in [0.1, 0.15) is 5.56 Å². The Morgan fingerprint density at radius 1 is 1.11 bits per heavy atom. The third-order valence-corrected chi connectivity index (χ3v) is 7.80. The summed E-state index contributed by atoms with van der Waals surface area (Å²) in [6.45, 7) is 1.05. The predicted octanol–water partition coefficient (Wildman–Crippen LogP) is 4.60. The van der Waals surface area contributed by atoms with E-state index in [1.165, 1.54) is 0 Å². The zero-order valence-electron chi connectivity index (χ0n) is 22.1. The van der Waals surface area contributed by atoms with Crippen molar-refractivity contribution < 1.29 is 20.6 Å². The Morgan fingerprint density at radius 2 is 1.86 bits per heavy atom. The molecule has 0 amide bonds. The molecule has 2 unspecified atom stereocenters. The molecule has 1 aromatic carbocycles. The standard InChI is InChI=1S/C26H31F3N6O/c1-34-15-30-23-10-17(2-3-24(23)34)22-11-21(26(27,28)29)25(33-32-22)31-20-8-18-13-35(14-19(18)9-20)12-16-4-6-36-7-5-16/h2-3,10-11,15-16,18-20H,4-9,12-14H2,1H3,(H,31,33)/i12D2. The van der Waals surface area contributed by atoms with Crippen LogP contribution in [0.5, 0.6) is 0 Å². The van der Waals surface area contributed by atoms with E-state index >= 15 is 0 Å². The highest BCUT2D eigenvalue weighted by Gasteiger charge is 2.43. The molecule has 36 heavy (non-hydrogen) atoms. The van der Waals surface area contributed by atoms with E-state index in [1.54, 1.807) is 18.5 Å². The molecule has 6 rings (SSSR count). The van der Waals surface area contributed by atoms with Gasteiger partial charge >= 0.3 is 6.18 Å². The van der Waals surface area contributed by atoms with Crippen LogP contribution in [0.4, 0.5) is 19.0 Å². The molecule has 4 heterocycles. The second-order valence-electron chi connectivity index (χ2n) is 10.3. The molecule has 3 fully saturated rings. The highest BCUT2D eigenvalue weighted by atomic mass is 19.4. The summed E-state index contributed by atoms with van der Waals surface area (Å²) in [4.78, 5) is 6.23. The van der Waals surface area contributed by atoms with Gasteiger partial charge in [-0.05, 0) is 61.6 Å². The first kappa shape index (κ1) is 21.4. The number of aryl methyl sites for hydroxylation is 1. The highest BCUT2D eigenvalue weighted by molar-refractivity contribution is 5.81. The van der Waals surface area contributed by atoms with Crippen LogP contribution in [0.2, 0.25) is 0 Å². The molecule has 192 valence electrons. The predicted molar refractivity (Wildman–Crippen MR) is 130 cm³/mol. The molecule has 1 N–H and O–H groups in total. The van der Waals surface area contributed by atoms with E-state index in [0.29, 0.717) is 63.1 Å². The monoisotopic (exact) mass is 502 g/mol. The molecular formula is C26H31F3N6O.